The topological polar surface area (TPSA) is 58.4 Å². The molecule has 1 aliphatic rings. The minimum absolute atomic E-state index is 0.0695. The number of piperidine rings is 1. The van der Waals surface area contributed by atoms with Gasteiger partial charge in [-0.2, -0.15) is 0 Å². The molecule has 4 heteroatoms. The third kappa shape index (κ3) is 3.47. The third-order valence-corrected chi connectivity index (χ3v) is 3.36. The quantitative estimate of drug-likeness (QED) is 0.703. The van der Waals surface area contributed by atoms with Crippen LogP contribution in [0.2, 0.25) is 0 Å². The van der Waals surface area contributed by atoms with Gasteiger partial charge in [-0.3, -0.25) is 4.79 Å². The summed E-state index contributed by atoms with van der Waals surface area (Å²) in [4.78, 5) is 14.0. The number of carbonyl (C=O) groups excluding carboxylic acids is 1. The second-order valence-corrected chi connectivity index (χ2v) is 4.70. The van der Waals surface area contributed by atoms with Crippen LogP contribution < -0.4 is 11.1 Å². The summed E-state index contributed by atoms with van der Waals surface area (Å²) in [6, 6.07) is 0.884. The van der Waals surface area contributed by atoms with Crippen LogP contribution in [-0.2, 0) is 4.79 Å². The summed E-state index contributed by atoms with van der Waals surface area (Å²) in [5.41, 5.74) is 5.46. The standard InChI is InChI=1S/C11H23N3O/c1-8(7-12)11(15)13-10-4-5-14(3)9(2)6-10/h8-10H,4-7,12H2,1-3H3,(H,13,15). The second-order valence-electron chi connectivity index (χ2n) is 4.70. The minimum Gasteiger partial charge on any atom is -0.353 e. The van der Waals surface area contributed by atoms with Gasteiger partial charge in [0.25, 0.3) is 0 Å². The van der Waals surface area contributed by atoms with E-state index < -0.39 is 0 Å². The molecule has 3 atom stereocenters. The highest BCUT2D eigenvalue weighted by atomic mass is 16.1. The molecule has 0 aromatic rings. The summed E-state index contributed by atoms with van der Waals surface area (Å²) < 4.78 is 0. The molecular weight excluding hydrogens is 190 g/mol. The molecule has 4 nitrogen and oxygen atoms in total. The zero-order valence-electron chi connectivity index (χ0n) is 9.99. The fraction of sp³-hybridized carbons (Fsp3) is 0.909. The summed E-state index contributed by atoms with van der Waals surface area (Å²) in [7, 11) is 2.13. The monoisotopic (exact) mass is 213 g/mol. The number of nitrogens with one attached hydrogen (secondary N) is 1. The van der Waals surface area contributed by atoms with Gasteiger partial charge < -0.3 is 16.0 Å². The van der Waals surface area contributed by atoms with Crippen LogP contribution in [0.5, 0.6) is 0 Å². The van der Waals surface area contributed by atoms with Crippen molar-refractivity contribution in [2.24, 2.45) is 11.7 Å². The summed E-state index contributed by atoms with van der Waals surface area (Å²) in [5.74, 6) is 0.0271. The largest absolute Gasteiger partial charge is 0.353 e. The van der Waals surface area contributed by atoms with E-state index in [1.54, 1.807) is 0 Å². The summed E-state index contributed by atoms with van der Waals surface area (Å²) in [6.07, 6.45) is 2.09. The van der Waals surface area contributed by atoms with E-state index in [4.69, 9.17) is 5.73 Å². The average Bonchev–Trinajstić information content (AvgIpc) is 2.22. The van der Waals surface area contributed by atoms with Crippen LogP contribution in [0, 0.1) is 5.92 Å². The lowest BCUT2D eigenvalue weighted by Gasteiger charge is -2.35. The molecule has 0 aromatic carbocycles. The molecule has 88 valence electrons. The number of likely N-dealkylation sites (tertiary alicyclic amines) is 1. The van der Waals surface area contributed by atoms with Crippen molar-refractivity contribution in [1.29, 1.82) is 0 Å². The van der Waals surface area contributed by atoms with E-state index in [2.05, 4.69) is 24.2 Å². The Bertz CT molecular complexity index is 220. The van der Waals surface area contributed by atoms with E-state index in [-0.39, 0.29) is 11.8 Å². The summed E-state index contributed by atoms with van der Waals surface area (Å²) in [6.45, 7) is 5.55. The van der Waals surface area contributed by atoms with Crippen molar-refractivity contribution < 1.29 is 4.79 Å². The molecule has 0 radical (unpaired) electrons. The molecular formula is C11H23N3O. The first-order valence-corrected chi connectivity index (χ1v) is 5.75. The van der Waals surface area contributed by atoms with Crippen LogP contribution in [0.25, 0.3) is 0 Å². The molecule has 1 aliphatic heterocycles. The zero-order chi connectivity index (χ0) is 11.4. The molecule has 1 amide bonds. The van der Waals surface area contributed by atoms with Gasteiger partial charge >= 0.3 is 0 Å². The Labute approximate surface area is 92.2 Å². The zero-order valence-corrected chi connectivity index (χ0v) is 9.99. The molecule has 3 unspecified atom stereocenters. The second kappa shape index (κ2) is 5.47. The number of nitrogens with zero attached hydrogens (tertiary/aromatic N) is 1. The summed E-state index contributed by atoms with van der Waals surface area (Å²) in [5, 5.41) is 3.07. The van der Waals surface area contributed by atoms with E-state index in [1.807, 2.05) is 6.92 Å². The lowest BCUT2D eigenvalue weighted by atomic mass is 9.98. The smallest absolute Gasteiger partial charge is 0.224 e. The molecule has 1 rings (SSSR count). The highest BCUT2D eigenvalue weighted by molar-refractivity contribution is 5.78. The Morgan fingerprint density at radius 1 is 1.67 bits per heavy atom. The van der Waals surface area contributed by atoms with Crippen molar-refractivity contribution in [3.8, 4) is 0 Å². The number of hydrogen-bond donors (Lipinski definition) is 2. The van der Waals surface area contributed by atoms with Crippen LogP contribution >= 0.6 is 0 Å². The predicted octanol–water partition coefficient (Wildman–Crippen LogP) is 0.180. The van der Waals surface area contributed by atoms with Crippen LogP contribution in [0.1, 0.15) is 26.7 Å². The normalized spacial score (nSPS) is 29.9. The maximum absolute atomic E-state index is 11.6. The Kier molecular flexibility index (Phi) is 4.54. The van der Waals surface area contributed by atoms with Crippen molar-refractivity contribution in [3.05, 3.63) is 0 Å². The van der Waals surface area contributed by atoms with E-state index in [9.17, 15) is 4.79 Å². The number of carbonyl (C=O) groups is 1. The lowest BCUT2D eigenvalue weighted by Crippen LogP contribution is -2.49. The molecule has 0 aliphatic carbocycles. The Hall–Kier alpha value is -0.610. The maximum Gasteiger partial charge on any atom is 0.224 e. The van der Waals surface area contributed by atoms with E-state index in [0.29, 0.717) is 18.6 Å². The predicted molar refractivity (Wildman–Crippen MR) is 61.5 cm³/mol. The van der Waals surface area contributed by atoms with Gasteiger partial charge in [0.05, 0.1) is 0 Å². The maximum atomic E-state index is 11.6. The van der Waals surface area contributed by atoms with Crippen molar-refractivity contribution in [3.63, 3.8) is 0 Å². The molecule has 0 spiro atoms. The third-order valence-electron chi connectivity index (χ3n) is 3.36. The number of hydrogen-bond acceptors (Lipinski definition) is 3. The van der Waals surface area contributed by atoms with Crippen molar-refractivity contribution >= 4 is 5.91 Å². The van der Waals surface area contributed by atoms with Crippen LogP contribution in [0.3, 0.4) is 0 Å². The highest BCUT2D eigenvalue weighted by Crippen LogP contribution is 2.15. The van der Waals surface area contributed by atoms with Crippen LogP contribution in [0.15, 0.2) is 0 Å². The van der Waals surface area contributed by atoms with Crippen LogP contribution in [-0.4, -0.2) is 43.0 Å². The molecule has 0 bridgehead atoms. The van der Waals surface area contributed by atoms with Gasteiger partial charge in [-0.05, 0) is 26.8 Å². The lowest BCUT2D eigenvalue weighted by molar-refractivity contribution is -0.125. The van der Waals surface area contributed by atoms with Gasteiger partial charge in [0, 0.05) is 31.1 Å². The highest BCUT2D eigenvalue weighted by Gasteiger charge is 2.24. The van der Waals surface area contributed by atoms with E-state index in [1.165, 1.54) is 0 Å². The Morgan fingerprint density at radius 3 is 2.87 bits per heavy atom. The van der Waals surface area contributed by atoms with Gasteiger partial charge in [0.1, 0.15) is 0 Å². The van der Waals surface area contributed by atoms with Gasteiger partial charge in [-0.25, -0.2) is 0 Å². The minimum atomic E-state index is -0.0695. The molecule has 1 heterocycles. The Morgan fingerprint density at radius 2 is 2.33 bits per heavy atom. The first-order valence-electron chi connectivity index (χ1n) is 5.75. The number of rotatable bonds is 3. The van der Waals surface area contributed by atoms with Gasteiger partial charge in [0.15, 0.2) is 0 Å². The van der Waals surface area contributed by atoms with Crippen molar-refractivity contribution in [2.45, 2.75) is 38.8 Å². The number of amides is 1. The van der Waals surface area contributed by atoms with Gasteiger partial charge in [-0.15, -0.1) is 0 Å². The van der Waals surface area contributed by atoms with Crippen LogP contribution in [0.4, 0.5) is 0 Å². The van der Waals surface area contributed by atoms with Gasteiger partial charge in [0.2, 0.25) is 5.91 Å². The molecule has 0 saturated carbocycles. The van der Waals surface area contributed by atoms with Gasteiger partial charge in [-0.1, -0.05) is 6.92 Å². The first-order chi connectivity index (χ1) is 7.04. The molecule has 1 fully saturated rings. The fourth-order valence-electron chi connectivity index (χ4n) is 1.87. The van der Waals surface area contributed by atoms with Crippen molar-refractivity contribution in [2.75, 3.05) is 20.1 Å². The number of nitrogens with two attached hydrogens (primary N) is 1. The Balaban J connectivity index is 2.36. The first kappa shape index (κ1) is 12.5. The SMILES string of the molecule is CC(CN)C(=O)NC1CCN(C)C(C)C1. The molecule has 3 N–H and O–H groups in total. The average molecular weight is 213 g/mol. The molecule has 0 aromatic heterocycles. The van der Waals surface area contributed by atoms with Crippen molar-refractivity contribution in [1.82, 2.24) is 10.2 Å². The summed E-state index contributed by atoms with van der Waals surface area (Å²) >= 11 is 0. The molecule has 1 saturated heterocycles. The van der Waals surface area contributed by atoms with E-state index >= 15 is 0 Å². The fourth-order valence-corrected chi connectivity index (χ4v) is 1.87. The van der Waals surface area contributed by atoms with E-state index in [0.717, 1.165) is 19.4 Å². The molecule has 15 heavy (non-hydrogen) atoms.